The predicted molar refractivity (Wildman–Crippen MR) is 80.0 cm³/mol. The summed E-state index contributed by atoms with van der Waals surface area (Å²) < 4.78 is 24.5. The molecule has 0 aliphatic rings. The zero-order valence-corrected chi connectivity index (χ0v) is 16.6. The molecule has 0 aliphatic carbocycles. The van der Waals surface area contributed by atoms with Crippen molar-refractivity contribution in [3.8, 4) is 0 Å². The fourth-order valence-electron chi connectivity index (χ4n) is 1.72. The van der Waals surface area contributed by atoms with Gasteiger partial charge in [-0.15, -0.1) is 0 Å². The molecule has 0 aliphatic heterocycles. The largest absolute Gasteiger partial charge is 1.00 e. The first-order chi connectivity index (χ1) is 9.50. The van der Waals surface area contributed by atoms with Gasteiger partial charge in [0.25, 0.3) is 5.97 Å². The molecule has 122 valence electrons. The molecule has 7 heteroatoms. The second kappa shape index (κ2) is 22.8. The summed E-state index contributed by atoms with van der Waals surface area (Å²) in [6, 6.07) is 0. The number of carboxylic acid groups (broad SMARTS) is 1. The summed E-state index contributed by atoms with van der Waals surface area (Å²) in [6.45, 7) is 3.66. The van der Waals surface area contributed by atoms with Gasteiger partial charge in [-0.2, -0.15) is 0 Å². The maximum absolute atomic E-state index is 10.0. The van der Waals surface area contributed by atoms with Crippen LogP contribution in [0.3, 0.4) is 0 Å². The van der Waals surface area contributed by atoms with Gasteiger partial charge >= 0.3 is 29.6 Å². The molecular weight excluding hydrogens is 303 g/mol. The van der Waals surface area contributed by atoms with Gasteiger partial charge in [0.05, 0.1) is 18.0 Å². The monoisotopic (exact) mass is 332 g/mol. The zero-order chi connectivity index (χ0) is 15.6. The summed E-state index contributed by atoms with van der Waals surface area (Å²) in [4.78, 5) is 9.00. The van der Waals surface area contributed by atoms with Gasteiger partial charge in [0.15, 0.2) is 0 Å². The van der Waals surface area contributed by atoms with Gasteiger partial charge in [-0.25, -0.2) is 4.21 Å². The molecule has 21 heavy (non-hydrogen) atoms. The van der Waals surface area contributed by atoms with E-state index in [1.54, 1.807) is 0 Å². The molecule has 0 rings (SSSR count). The van der Waals surface area contributed by atoms with Crippen LogP contribution in [-0.2, 0) is 20.3 Å². The standard InChI is InChI=1S/C12H26O3S.C2H4O2.Na/c1-2-3-4-5-6-7-8-9-10-11-12-15-16(13)14;1-2(3)4;/h2-12H2,1H3,(H,13,14);1H3,(H,3,4);/q;;+1/p-1. The number of rotatable bonds is 12. The van der Waals surface area contributed by atoms with E-state index < -0.39 is 17.3 Å². The van der Waals surface area contributed by atoms with E-state index in [0.717, 1.165) is 19.8 Å². The van der Waals surface area contributed by atoms with Gasteiger partial charge in [-0.05, 0) is 6.42 Å². The van der Waals surface area contributed by atoms with Crippen molar-refractivity contribution in [3.63, 3.8) is 0 Å². The number of hydrogen-bond acceptors (Lipinski definition) is 4. The minimum atomic E-state index is -2.33. The third kappa shape index (κ3) is 38.5. The van der Waals surface area contributed by atoms with Crippen LogP contribution in [0.25, 0.3) is 0 Å². The van der Waals surface area contributed by atoms with Crippen LogP contribution in [0.5, 0.6) is 0 Å². The summed E-state index contributed by atoms with van der Waals surface area (Å²) in [5, 5.41) is 7.42. The Hall–Kier alpha value is 0.540. The van der Waals surface area contributed by atoms with Crippen molar-refractivity contribution in [3.05, 3.63) is 0 Å². The Bertz CT molecular complexity index is 235. The SMILES string of the molecule is CC(=O)O.CCCCCCCCCCCCOS(=O)[O-].[Na+]. The van der Waals surface area contributed by atoms with Crippen molar-refractivity contribution in [1.82, 2.24) is 0 Å². The molecule has 0 bridgehead atoms. The molecule has 0 fully saturated rings. The van der Waals surface area contributed by atoms with Crippen molar-refractivity contribution < 1.29 is 52.4 Å². The average Bonchev–Trinajstić information content (AvgIpc) is 2.35. The van der Waals surface area contributed by atoms with Crippen molar-refractivity contribution in [2.45, 2.75) is 78.1 Å². The fourth-order valence-corrected chi connectivity index (χ4v) is 1.97. The molecule has 0 spiro atoms. The third-order valence-corrected chi connectivity index (χ3v) is 3.04. The van der Waals surface area contributed by atoms with Gasteiger partial charge in [0.1, 0.15) is 0 Å². The van der Waals surface area contributed by atoms with Crippen LogP contribution in [0.15, 0.2) is 0 Å². The number of carboxylic acids is 1. The number of carbonyl (C=O) groups is 1. The maximum atomic E-state index is 10.0. The molecule has 0 aromatic heterocycles. The van der Waals surface area contributed by atoms with Crippen LogP contribution in [0.4, 0.5) is 0 Å². The van der Waals surface area contributed by atoms with E-state index in [1.807, 2.05) is 0 Å². The molecule has 1 atom stereocenters. The summed E-state index contributed by atoms with van der Waals surface area (Å²) >= 11 is -2.33. The van der Waals surface area contributed by atoms with E-state index in [9.17, 15) is 8.76 Å². The third-order valence-electron chi connectivity index (χ3n) is 2.68. The minimum absolute atomic E-state index is 0. The second-order valence-electron chi connectivity index (χ2n) is 4.73. The Morgan fingerprint density at radius 2 is 1.33 bits per heavy atom. The van der Waals surface area contributed by atoms with Gasteiger partial charge in [0.2, 0.25) is 0 Å². The van der Waals surface area contributed by atoms with Crippen LogP contribution < -0.4 is 29.6 Å². The van der Waals surface area contributed by atoms with E-state index in [-0.39, 0.29) is 29.6 Å². The van der Waals surface area contributed by atoms with Crippen molar-refractivity contribution in [2.75, 3.05) is 6.61 Å². The molecule has 0 saturated heterocycles. The van der Waals surface area contributed by atoms with E-state index in [1.165, 1.54) is 51.4 Å². The van der Waals surface area contributed by atoms with Crippen molar-refractivity contribution >= 4 is 17.3 Å². The Kier molecular flexibility index (Phi) is 28.7. The molecule has 0 aromatic carbocycles. The fraction of sp³-hybridized carbons (Fsp3) is 0.929. The van der Waals surface area contributed by atoms with Crippen LogP contribution in [-0.4, -0.2) is 26.4 Å². The molecule has 0 heterocycles. The van der Waals surface area contributed by atoms with Crippen LogP contribution in [0.1, 0.15) is 78.1 Å². The number of hydrogen-bond donors (Lipinski definition) is 1. The number of aliphatic carboxylic acids is 1. The minimum Gasteiger partial charge on any atom is -0.750 e. The Morgan fingerprint density at radius 3 is 1.67 bits per heavy atom. The van der Waals surface area contributed by atoms with Gasteiger partial charge in [-0.1, -0.05) is 64.7 Å². The first-order valence-electron chi connectivity index (χ1n) is 7.42. The molecule has 0 saturated carbocycles. The van der Waals surface area contributed by atoms with E-state index >= 15 is 0 Å². The first-order valence-corrected chi connectivity index (χ1v) is 8.42. The molecule has 1 N–H and O–H groups in total. The quantitative estimate of drug-likeness (QED) is 0.325. The van der Waals surface area contributed by atoms with Crippen molar-refractivity contribution in [1.29, 1.82) is 0 Å². The molecule has 1 unspecified atom stereocenters. The maximum Gasteiger partial charge on any atom is 1.00 e. The molecule has 0 aromatic rings. The summed E-state index contributed by atoms with van der Waals surface area (Å²) in [5.74, 6) is -0.833. The van der Waals surface area contributed by atoms with Crippen LogP contribution in [0.2, 0.25) is 0 Å². The van der Waals surface area contributed by atoms with Gasteiger partial charge < -0.3 is 13.8 Å². The van der Waals surface area contributed by atoms with E-state index in [4.69, 9.17) is 9.90 Å². The molecule has 0 amide bonds. The topological polar surface area (TPSA) is 86.7 Å². The second-order valence-corrected chi connectivity index (χ2v) is 5.37. The Balaban J connectivity index is -0.000000572. The summed E-state index contributed by atoms with van der Waals surface area (Å²) in [7, 11) is 0. The van der Waals surface area contributed by atoms with Crippen molar-refractivity contribution in [2.24, 2.45) is 0 Å². The van der Waals surface area contributed by atoms with Gasteiger partial charge in [-0.3, -0.25) is 4.79 Å². The van der Waals surface area contributed by atoms with E-state index in [0.29, 0.717) is 6.61 Å². The average molecular weight is 332 g/mol. The molecule has 5 nitrogen and oxygen atoms in total. The van der Waals surface area contributed by atoms with Crippen LogP contribution in [0, 0.1) is 0 Å². The summed E-state index contributed by atoms with van der Waals surface area (Å²) in [6.07, 6.45) is 12.5. The Morgan fingerprint density at radius 1 is 1.00 bits per heavy atom. The zero-order valence-electron chi connectivity index (χ0n) is 13.8. The van der Waals surface area contributed by atoms with Crippen LogP contribution >= 0.6 is 0 Å². The number of unbranched alkanes of at least 4 members (excludes halogenated alkanes) is 9. The van der Waals surface area contributed by atoms with Gasteiger partial charge in [0, 0.05) is 6.92 Å². The molecule has 0 radical (unpaired) electrons. The predicted octanol–water partition coefficient (Wildman–Crippen LogP) is 0.813. The Labute approximate surface area is 154 Å². The summed E-state index contributed by atoms with van der Waals surface area (Å²) in [5.41, 5.74) is 0. The molecular formula is C14H29NaO5S. The smallest absolute Gasteiger partial charge is 0.750 e. The normalized spacial score (nSPS) is 11.0. The van der Waals surface area contributed by atoms with E-state index in [2.05, 4.69) is 11.1 Å². The first kappa shape index (κ1) is 26.4.